The van der Waals surface area contributed by atoms with Crippen molar-refractivity contribution in [1.29, 1.82) is 0 Å². The summed E-state index contributed by atoms with van der Waals surface area (Å²) in [5.74, 6) is 0.379. The first-order valence-corrected chi connectivity index (χ1v) is 9.68. The number of allylic oxidation sites excluding steroid dienone is 1. The lowest BCUT2D eigenvalue weighted by atomic mass is 9.83. The summed E-state index contributed by atoms with van der Waals surface area (Å²) in [5, 5.41) is 3.01. The van der Waals surface area contributed by atoms with Crippen molar-refractivity contribution in [2.75, 3.05) is 0 Å². The Labute approximate surface area is 162 Å². The van der Waals surface area contributed by atoms with Gasteiger partial charge in [-0.25, -0.2) is 4.79 Å². The number of amides is 2. The third-order valence-electron chi connectivity index (χ3n) is 5.50. The second kappa shape index (κ2) is 7.91. The van der Waals surface area contributed by atoms with Crippen molar-refractivity contribution in [2.45, 2.75) is 41.0 Å². The molecule has 3 heteroatoms. The molecule has 1 N–H and O–H groups in total. The molecule has 0 radical (unpaired) electrons. The number of aliphatic imine (C=N–C) groups is 1. The number of carbonyl (C=O) groups is 1. The lowest BCUT2D eigenvalue weighted by Crippen LogP contribution is -2.29. The van der Waals surface area contributed by atoms with Gasteiger partial charge in [0.25, 0.3) is 0 Å². The van der Waals surface area contributed by atoms with Gasteiger partial charge < -0.3 is 5.32 Å². The molecule has 2 unspecified atom stereocenters. The van der Waals surface area contributed by atoms with Crippen molar-refractivity contribution < 1.29 is 4.79 Å². The third kappa shape index (κ3) is 4.02. The Balaban J connectivity index is 2.03. The van der Waals surface area contributed by atoms with E-state index in [2.05, 4.69) is 75.3 Å². The molecule has 0 spiro atoms. The van der Waals surface area contributed by atoms with E-state index >= 15 is 0 Å². The Morgan fingerprint density at radius 2 is 1.70 bits per heavy atom. The minimum Gasteiger partial charge on any atom is -0.306 e. The minimum atomic E-state index is -0.306. The molecule has 27 heavy (non-hydrogen) atoms. The number of hydrogen-bond donors (Lipinski definition) is 1. The number of urea groups is 1. The second-order valence-corrected chi connectivity index (χ2v) is 7.48. The molecule has 2 aromatic carbocycles. The van der Waals surface area contributed by atoms with Crippen LogP contribution >= 0.6 is 0 Å². The number of rotatable bonds is 3. The lowest BCUT2D eigenvalue weighted by Gasteiger charge is -2.25. The highest BCUT2D eigenvalue weighted by Gasteiger charge is 2.25. The van der Waals surface area contributed by atoms with E-state index in [0.29, 0.717) is 0 Å². The summed E-state index contributed by atoms with van der Waals surface area (Å²) in [7, 11) is 0. The molecule has 140 valence electrons. The van der Waals surface area contributed by atoms with E-state index < -0.39 is 0 Å². The van der Waals surface area contributed by atoms with Gasteiger partial charge in [0.05, 0.1) is 5.71 Å². The monoisotopic (exact) mass is 360 g/mol. The fourth-order valence-electron chi connectivity index (χ4n) is 3.68. The van der Waals surface area contributed by atoms with Crippen LogP contribution in [-0.2, 0) is 6.42 Å². The summed E-state index contributed by atoms with van der Waals surface area (Å²) in [5.41, 5.74) is 7.41. The van der Waals surface area contributed by atoms with Gasteiger partial charge in [-0.2, -0.15) is 4.99 Å². The molecule has 1 aliphatic heterocycles. The van der Waals surface area contributed by atoms with E-state index in [0.717, 1.165) is 40.1 Å². The molecular weight excluding hydrogens is 332 g/mol. The van der Waals surface area contributed by atoms with E-state index in [1.807, 2.05) is 18.2 Å². The van der Waals surface area contributed by atoms with Gasteiger partial charge in [-0.1, -0.05) is 63.2 Å². The van der Waals surface area contributed by atoms with Crippen LogP contribution in [0.1, 0.15) is 48.6 Å². The van der Waals surface area contributed by atoms with Gasteiger partial charge in [-0.05, 0) is 54.5 Å². The average Bonchev–Trinajstić information content (AvgIpc) is 2.65. The van der Waals surface area contributed by atoms with Gasteiger partial charge in [-0.3, -0.25) is 0 Å². The summed E-state index contributed by atoms with van der Waals surface area (Å²) in [6, 6.07) is 14.2. The SMILES string of the molecule is CCc1cccc(C2=CC(C)C(C)C(c3c(C)cccc3C)=NC(=O)N2)c1. The molecule has 2 aromatic rings. The fraction of sp³-hybridized carbons (Fsp3) is 0.333. The van der Waals surface area contributed by atoms with Gasteiger partial charge in [0.15, 0.2) is 0 Å². The maximum Gasteiger partial charge on any atom is 0.345 e. The summed E-state index contributed by atoms with van der Waals surface area (Å²) < 4.78 is 0. The van der Waals surface area contributed by atoms with E-state index in [-0.39, 0.29) is 17.9 Å². The molecule has 0 fully saturated rings. The van der Waals surface area contributed by atoms with Crippen molar-refractivity contribution in [3.63, 3.8) is 0 Å². The number of nitrogens with one attached hydrogen (secondary N) is 1. The van der Waals surface area contributed by atoms with E-state index in [1.165, 1.54) is 5.56 Å². The quantitative estimate of drug-likeness (QED) is 0.750. The van der Waals surface area contributed by atoms with E-state index in [9.17, 15) is 4.79 Å². The molecule has 1 heterocycles. The first kappa shape index (κ1) is 19.1. The molecule has 0 aromatic heterocycles. The van der Waals surface area contributed by atoms with Crippen LogP contribution in [0.2, 0.25) is 0 Å². The van der Waals surface area contributed by atoms with Crippen LogP contribution in [0.5, 0.6) is 0 Å². The number of benzene rings is 2. The Hall–Kier alpha value is -2.68. The number of nitrogens with zero attached hydrogens (tertiary/aromatic N) is 1. The number of hydrogen-bond acceptors (Lipinski definition) is 1. The standard InChI is InChI=1S/C24H28N2O/c1-6-19-11-8-12-20(14-19)21-13-17(4)18(5)23(26-24(27)25-21)22-15(2)9-7-10-16(22)3/h7-14,17-18H,6H2,1-5H3,(H,25,27). The van der Waals surface area contributed by atoms with Crippen LogP contribution in [0.4, 0.5) is 4.79 Å². The summed E-state index contributed by atoms with van der Waals surface area (Å²) in [4.78, 5) is 17.2. The van der Waals surface area contributed by atoms with Gasteiger partial charge in [0, 0.05) is 17.2 Å². The first-order chi connectivity index (χ1) is 12.9. The number of carbonyl (C=O) groups excluding carboxylic acids is 1. The van der Waals surface area contributed by atoms with Crippen molar-refractivity contribution >= 4 is 17.4 Å². The lowest BCUT2D eigenvalue weighted by molar-refractivity contribution is 0.252. The molecule has 3 nitrogen and oxygen atoms in total. The van der Waals surface area contributed by atoms with Crippen molar-refractivity contribution in [2.24, 2.45) is 16.8 Å². The zero-order chi connectivity index (χ0) is 19.6. The van der Waals surface area contributed by atoms with Crippen LogP contribution in [0.25, 0.3) is 5.70 Å². The Kier molecular flexibility index (Phi) is 5.59. The predicted molar refractivity (Wildman–Crippen MR) is 113 cm³/mol. The van der Waals surface area contributed by atoms with Gasteiger partial charge in [0.1, 0.15) is 0 Å². The molecule has 1 aliphatic rings. The first-order valence-electron chi connectivity index (χ1n) is 9.68. The second-order valence-electron chi connectivity index (χ2n) is 7.48. The molecule has 0 aliphatic carbocycles. The molecule has 3 rings (SSSR count). The highest BCUT2D eigenvalue weighted by atomic mass is 16.2. The van der Waals surface area contributed by atoms with Crippen molar-refractivity contribution in [3.05, 3.63) is 76.4 Å². The fourth-order valence-corrected chi connectivity index (χ4v) is 3.68. The van der Waals surface area contributed by atoms with Crippen LogP contribution in [-0.4, -0.2) is 11.7 Å². The third-order valence-corrected chi connectivity index (χ3v) is 5.50. The molecule has 2 amide bonds. The van der Waals surface area contributed by atoms with Crippen LogP contribution in [0.3, 0.4) is 0 Å². The van der Waals surface area contributed by atoms with Crippen LogP contribution in [0, 0.1) is 25.7 Å². The molecular formula is C24H28N2O. The highest BCUT2D eigenvalue weighted by molar-refractivity contribution is 6.10. The van der Waals surface area contributed by atoms with Crippen molar-refractivity contribution in [1.82, 2.24) is 5.32 Å². The smallest absolute Gasteiger partial charge is 0.306 e. The Morgan fingerprint density at radius 1 is 1.04 bits per heavy atom. The van der Waals surface area contributed by atoms with Crippen LogP contribution < -0.4 is 5.32 Å². The van der Waals surface area contributed by atoms with Gasteiger partial charge in [0.2, 0.25) is 0 Å². The van der Waals surface area contributed by atoms with Crippen molar-refractivity contribution in [3.8, 4) is 0 Å². The van der Waals surface area contributed by atoms with E-state index in [1.54, 1.807) is 0 Å². The molecule has 2 atom stereocenters. The maximum atomic E-state index is 12.7. The Bertz CT molecular complexity index is 903. The zero-order valence-corrected chi connectivity index (χ0v) is 16.8. The molecule has 0 bridgehead atoms. The highest BCUT2D eigenvalue weighted by Crippen LogP contribution is 2.28. The van der Waals surface area contributed by atoms with Gasteiger partial charge in [-0.15, -0.1) is 0 Å². The Morgan fingerprint density at radius 3 is 2.37 bits per heavy atom. The summed E-state index contributed by atoms with van der Waals surface area (Å²) >= 11 is 0. The minimum absolute atomic E-state index is 0.139. The topological polar surface area (TPSA) is 41.5 Å². The largest absolute Gasteiger partial charge is 0.345 e. The van der Waals surface area contributed by atoms with Crippen LogP contribution in [0.15, 0.2) is 53.5 Å². The number of aryl methyl sites for hydroxylation is 3. The normalized spacial score (nSPS) is 20.3. The summed E-state index contributed by atoms with van der Waals surface area (Å²) in [6.07, 6.45) is 3.13. The summed E-state index contributed by atoms with van der Waals surface area (Å²) in [6.45, 7) is 10.6. The molecule has 0 saturated carbocycles. The van der Waals surface area contributed by atoms with Gasteiger partial charge >= 0.3 is 6.03 Å². The predicted octanol–water partition coefficient (Wildman–Crippen LogP) is 5.69. The molecule has 0 saturated heterocycles. The van der Waals surface area contributed by atoms with E-state index in [4.69, 9.17) is 0 Å². The maximum absolute atomic E-state index is 12.7. The average molecular weight is 361 g/mol. The zero-order valence-electron chi connectivity index (χ0n) is 16.8.